The van der Waals surface area contributed by atoms with Crippen LogP contribution in [-0.2, 0) is 0 Å². The molecule has 0 fully saturated rings. The summed E-state index contributed by atoms with van der Waals surface area (Å²) in [4.78, 5) is 12.2. The number of carbonyl (C=O) groups is 1. The lowest BCUT2D eigenvalue weighted by atomic mass is 10.2. The van der Waals surface area contributed by atoms with Gasteiger partial charge in [0.05, 0.1) is 4.47 Å². The largest absolute Gasteiger partial charge is 0.451 e. The van der Waals surface area contributed by atoms with Gasteiger partial charge in [0.2, 0.25) is 0 Å². The quantitative estimate of drug-likeness (QED) is 0.716. The number of halogens is 2. The number of fused-ring (bicyclic) bond motifs is 1. The highest BCUT2D eigenvalue weighted by Crippen LogP contribution is 2.23. The van der Waals surface area contributed by atoms with Gasteiger partial charge in [-0.1, -0.05) is 11.6 Å². The van der Waals surface area contributed by atoms with Crippen LogP contribution in [0.15, 0.2) is 51.4 Å². The van der Waals surface area contributed by atoms with E-state index in [-0.39, 0.29) is 17.5 Å². The minimum absolute atomic E-state index is 0.219. The first kappa shape index (κ1) is 13.8. The number of hydrogen-bond acceptors (Lipinski definition) is 2. The zero-order valence-corrected chi connectivity index (χ0v) is 12.7. The van der Waals surface area contributed by atoms with Gasteiger partial charge in [0.25, 0.3) is 5.91 Å². The molecule has 0 saturated carbocycles. The predicted molar refractivity (Wildman–Crippen MR) is 83.0 cm³/mol. The third-order valence-corrected chi connectivity index (χ3v) is 3.68. The van der Waals surface area contributed by atoms with Gasteiger partial charge in [0.15, 0.2) is 5.76 Å². The number of hydrogen-bond donors (Lipinski definition) is 1. The fourth-order valence-corrected chi connectivity index (χ4v) is 2.42. The Balaban J connectivity index is 1.87. The van der Waals surface area contributed by atoms with Gasteiger partial charge in [0.1, 0.15) is 11.4 Å². The maximum atomic E-state index is 13.2. The van der Waals surface area contributed by atoms with Gasteiger partial charge in [-0.05, 0) is 59.3 Å². The second-order valence-electron chi connectivity index (χ2n) is 4.73. The standard InChI is InChI=1S/C16H11BrFNO2/c1-9-2-5-14-10(6-9)7-15(21-14)16(20)19-11-3-4-13(18)12(17)8-11/h2-8H,1H3,(H,19,20). The lowest BCUT2D eigenvalue weighted by molar-refractivity contribution is 0.0998. The molecule has 0 aliphatic carbocycles. The summed E-state index contributed by atoms with van der Waals surface area (Å²) in [5.41, 5.74) is 2.24. The highest BCUT2D eigenvalue weighted by molar-refractivity contribution is 9.10. The summed E-state index contributed by atoms with van der Waals surface area (Å²) in [7, 11) is 0. The van der Waals surface area contributed by atoms with E-state index in [0.717, 1.165) is 10.9 Å². The van der Waals surface area contributed by atoms with E-state index >= 15 is 0 Å². The van der Waals surface area contributed by atoms with E-state index in [1.165, 1.54) is 18.2 Å². The maximum absolute atomic E-state index is 13.2. The molecule has 0 radical (unpaired) electrons. The molecule has 0 bridgehead atoms. The summed E-state index contributed by atoms with van der Waals surface area (Å²) >= 11 is 3.08. The Kier molecular flexibility index (Phi) is 3.51. The molecule has 0 unspecified atom stereocenters. The SMILES string of the molecule is Cc1ccc2oc(C(=O)Nc3ccc(F)c(Br)c3)cc2c1. The lowest BCUT2D eigenvalue weighted by Gasteiger charge is -2.03. The molecule has 0 atom stereocenters. The summed E-state index contributed by atoms with van der Waals surface area (Å²) in [6.45, 7) is 1.97. The highest BCUT2D eigenvalue weighted by Gasteiger charge is 2.13. The van der Waals surface area contributed by atoms with Crippen molar-refractivity contribution in [2.75, 3.05) is 5.32 Å². The monoisotopic (exact) mass is 347 g/mol. The normalized spacial score (nSPS) is 10.8. The summed E-state index contributed by atoms with van der Waals surface area (Å²) < 4.78 is 19.0. The molecular weight excluding hydrogens is 337 g/mol. The van der Waals surface area contributed by atoms with Crippen molar-refractivity contribution in [1.29, 1.82) is 0 Å². The first-order chi connectivity index (χ1) is 10.0. The summed E-state index contributed by atoms with van der Waals surface area (Å²) in [5.74, 6) is -0.536. The van der Waals surface area contributed by atoms with Crippen LogP contribution >= 0.6 is 15.9 Å². The van der Waals surface area contributed by atoms with Gasteiger partial charge in [-0.25, -0.2) is 4.39 Å². The van der Waals surface area contributed by atoms with E-state index in [2.05, 4.69) is 21.2 Å². The van der Waals surface area contributed by atoms with E-state index in [0.29, 0.717) is 15.7 Å². The number of anilines is 1. The number of rotatable bonds is 2. The minimum Gasteiger partial charge on any atom is -0.451 e. The smallest absolute Gasteiger partial charge is 0.291 e. The van der Waals surface area contributed by atoms with Crippen LogP contribution < -0.4 is 5.32 Å². The molecule has 0 spiro atoms. The Bertz CT molecular complexity index is 841. The van der Waals surface area contributed by atoms with E-state index in [1.54, 1.807) is 6.07 Å². The zero-order chi connectivity index (χ0) is 15.0. The number of amides is 1. The van der Waals surface area contributed by atoms with Crippen molar-refractivity contribution in [2.24, 2.45) is 0 Å². The van der Waals surface area contributed by atoms with Crippen LogP contribution in [0.5, 0.6) is 0 Å². The van der Waals surface area contributed by atoms with Crippen LogP contribution in [0.4, 0.5) is 10.1 Å². The van der Waals surface area contributed by atoms with Crippen LogP contribution in [0.2, 0.25) is 0 Å². The molecule has 3 aromatic rings. The second kappa shape index (κ2) is 5.33. The van der Waals surface area contributed by atoms with Gasteiger partial charge in [0, 0.05) is 11.1 Å². The molecule has 3 nitrogen and oxygen atoms in total. The Hall–Kier alpha value is -2.14. The van der Waals surface area contributed by atoms with Crippen molar-refractivity contribution < 1.29 is 13.6 Å². The lowest BCUT2D eigenvalue weighted by Crippen LogP contribution is -2.10. The Morgan fingerprint density at radius 1 is 1.19 bits per heavy atom. The summed E-state index contributed by atoms with van der Waals surface area (Å²) in [5, 5.41) is 3.55. The van der Waals surface area contributed by atoms with Gasteiger partial charge >= 0.3 is 0 Å². The van der Waals surface area contributed by atoms with E-state index < -0.39 is 0 Å². The van der Waals surface area contributed by atoms with Crippen molar-refractivity contribution in [3.63, 3.8) is 0 Å². The van der Waals surface area contributed by atoms with Crippen molar-refractivity contribution in [3.8, 4) is 0 Å². The molecular formula is C16H11BrFNO2. The minimum atomic E-state index is -0.382. The molecule has 1 heterocycles. The predicted octanol–water partition coefficient (Wildman–Crippen LogP) is 4.90. The second-order valence-corrected chi connectivity index (χ2v) is 5.59. The van der Waals surface area contributed by atoms with Gasteiger partial charge in [-0.2, -0.15) is 0 Å². The number of benzene rings is 2. The molecule has 21 heavy (non-hydrogen) atoms. The number of carbonyl (C=O) groups excluding carboxylic acids is 1. The van der Waals surface area contributed by atoms with Crippen LogP contribution in [0.25, 0.3) is 11.0 Å². The van der Waals surface area contributed by atoms with Crippen LogP contribution in [0.3, 0.4) is 0 Å². The van der Waals surface area contributed by atoms with Crippen molar-refractivity contribution >= 4 is 38.5 Å². The van der Waals surface area contributed by atoms with E-state index in [4.69, 9.17) is 4.42 Å². The van der Waals surface area contributed by atoms with Crippen LogP contribution in [-0.4, -0.2) is 5.91 Å². The van der Waals surface area contributed by atoms with Gasteiger partial charge in [-0.3, -0.25) is 4.79 Å². The number of furan rings is 1. The average molecular weight is 348 g/mol. The van der Waals surface area contributed by atoms with Crippen LogP contribution in [0, 0.1) is 12.7 Å². The van der Waals surface area contributed by atoms with E-state index in [1.807, 2.05) is 25.1 Å². The molecule has 106 valence electrons. The topological polar surface area (TPSA) is 42.2 Å². The van der Waals surface area contributed by atoms with Crippen molar-refractivity contribution in [1.82, 2.24) is 0 Å². The molecule has 0 aliphatic heterocycles. The fraction of sp³-hybridized carbons (Fsp3) is 0.0625. The summed E-state index contributed by atoms with van der Waals surface area (Å²) in [6, 6.07) is 11.7. The fourth-order valence-electron chi connectivity index (χ4n) is 2.04. The Morgan fingerprint density at radius 2 is 2.00 bits per heavy atom. The zero-order valence-electron chi connectivity index (χ0n) is 11.1. The first-order valence-electron chi connectivity index (χ1n) is 6.29. The van der Waals surface area contributed by atoms with Crippen LogP contribution in [0.1, 0.15) is 16.1 Å². The molecule has 1 aromatic heterocycles. The Labute approximate surface area is 128 Å². The molecule has 1 amide bonds. The number of aryl methyl sites for hydroxylation is 1. The molecule has 3 rings (SSSR count). The molecule has 5 heteroatoms. The number of nitrogens with one attached hydrogen (secondary N) is 1. The van der Waals surface area contributed by atoms with E-state index in [9.17, 15) is 9.18 Å². The first-order valence-corrected chi connectivity index (χ1v) is 7.09. The molecule has 1 N–H and O–H groups in total. The summed E-state index contributed by atoms with van der Waals surface area (Å²) in [6.07, 6.45) is 0. The third kappa shape index (κ3) is 2.83. The third-order valence-electron chi connectivity index (χ3n) is 3.07. The van der Waals surface area contributed by atoms with Gasteiger partial charge in [-0.15, -0.1) is 0 Å². The maximum Gasteiger partial charge on any atom is 0.291 e. The Morgan fingerprint density at radius 3 is 2.76 bits per heavy atom. The molecule has 0 aliphatic rings. The van der Waals surface area contributed by atoms with Gasteiger partial charge < -0.3 is 9.73 Å². The highest BCUT2D eigenvalue weighted by atomic mass is 79.9. The molecule has 2 aromatic carbocycles. The van der Waals surface area contributed by atoms with Crippen molar-refractivity contribution in [3.05, 3.63) is 64.1 Å². The average Bonchev–Trinajstić information content (AvgIpc) is 2.86. The molecule has 0 saturated heterocycles. The van der Waals surface area contributed by atoms with Crippen molar-refractivity contribution in [2.45, 2.75) is 6.92 Å².